The van der Waals surface area contributed by atoms with Gasteiger partial charge in [0.15, 0.2) is 5.78 Å². The first-order valence-electron chi connectivity index (χ1n) is 8.74. The largest absolute Gasteiger partial charge is 0.457 e. The molecule has 0 saturated carbocycles. The highest BCUT2D eigenvalue weighted by Gasteiger charge is 2.34. The lowest BCUT2D eigenvalue weighted by Crippen LogP contribution is -2.06. The summed E-state index contributed by atoms with van der Waals surface area (Å²) in [6.45, 7) is 4.66. The van der Waals surface area contributed by atoms with Crippen LogP contribution in [0, 0.1) is 6.92 Å². The number of hydrogen-bond donors (Lipinski definition) is 0. The zero-order valence-corrected chi connectivity index (χ0v) is 15.3. The summed E-state index contributed by atoms with van der Waals surface area (Å²) in [7, 11) is 0. The van der Waals surface area contributed by atoms with Gasteiger partial charge < -0.3 is 9.47 Å². The molecule has 3 aromatic rings. The highest BCUT2D eigenvalue weighted by atomic mass is 16.5. The van der Waals surface area contributed by atoms with Crippen molar-refractivity contribution in [3.63, 3.8) is 0 Å². The van der Waals surface area contributed by atoms with Crippen LogP contribution >= 0.6 is 0 Å². The monoisotopic (exact) mass is 362 g/mol. The molecule has 1 atom stereocenters. The van der Waals surface area contributed by atoms with Gasteiger partial charge in [-0.1, -0.05) is 18.2 Å². The van der Waals surface area contributed by atoms with Gasteiger partial charge in [0, 0.05) is 25.0 Å². The first kappa shape index (κ1) is 17.2. The van der Waals surface area contributed by atoms with E-state index in [1.165, 1.54) is 13.8 Å². The van der Waals surface area contributed by atoms with Crippen LogP contribution in [0.5, 0.6) is 5.75 Å². The van der Waals surface area contributed by atoms with Crippen LogP contribution in [-0.4, -0.2) is 17.7 Å². The third-order valence-electron chi connectivity index (χ3n) is 4.89. The van der Waals surface area contributed by atoms with Crippen LogP contribution in [-0.2, 0) is 14.3 Å². The summed E-state index contributed by atoms with van der Waals surface area (Å²) in [5.41, 5.74) is 2.32. The summed E-state index contributed by atoms with van der Waals surface area (Å²) >= 11 is 0. The number of ketones is 1. The Balaban J connectivity index is 2.03. The average Bonchev–Trinajstić information content (AvgIpc) is 2.88. The van der Waals surface area contributed by atoms with Crippen LogP contribution in [0.15, 0.2) is 36.4 Å². The number of rotatable bonds is 2. The van der Waals surface area contributed by atoms with Gasteiger partial charge in [-0.3, -0.25) is 14.4 Å². The predicted molar refractivity (Wildman–Crippen MR) is 101 cm³/mol. The minimum atomic E-state index is -0.567. The molecule has 0 aromatic heterocycles. The van der Waals surface area contributed by atoms with Gasteiger partial charge in [-0.2, -0.15) is 0 Å². The Labute approximate surface area is 155 Å². The summed E-state index contributed by atoms with van der Waals surface area (Å²) in [6.07, 6.45) is -0.402. The van der Waals surface area contributed by atoms with E-state index in [1.54, 1.807) is 6.07 Å². The molecule has 0 fully saturated rings. The van der Waals surface area contributed by atoms with Crippen molar-refractivity contribution < 1.29 is 23.9 Å². The maximum atomic E-state index is 12.4. The molecule has 4 rings (SSSR count). The van der Waals surface area contributed by atoms with Crippen molar-refractivity contribution in [1.82, 2.24) is 0 Å². The smallest absolute Gasteiger partial charge is 0.308 e. The second kappa shape index (κ2) is 6.20. The number of ether oxygens (including phenoxy) is 2. The average molecular weight is 362 g/mol. The number of carbonyl (C=O) groups excluding carboxylic acids is 3. The molecule has 0 bridgehead atoms. The maximum Gasteiger partial charge on any atom is 0.308 e. The number of benzene rings is 3. The van der Waals surface area contributed by atoms with Gasteiger partial charge in [0.1, 0.15) is 11.9 Å². The lowest BCUT2D eigenvalue weighted by molar-refractivity contribution is -0.146. The van der Waals surface area contributed by atoms with Gasteiger partial charge in [-0.05, 0) is 52.2 Å². The van der Waals surface area contributed by atoms with Crippen LogP contribution in [0.25, 0.3) is 21.5 Å². The Morgan fingerprint density at radius 2 is 1.74 bits per heavy atom. The lowest BCUT2D eigenvalue weighted by Gasteiger charge is -2.16. The summed E-state index contributed by atoms with van der Waals surface area (Å²) in [5, 5.41) is 3.77. The van der Waals surface area contributed by atoms with Crippen molar-refractivity contribution in [2.45, 2.75) is 33.3 Å². The Kier molecular flexibility index (Phi) is 3.95. The predicted octanol–water partition coefficient (Wildman–Crippen LogP) is 4.42. The van der Waals surface area contributed by atoms with Gasteiger partial charge >= 0.3 is 11.9 Å². The summed E-state index contributed by atoms with van der Waals surface area (Å²) < 4.78 is 10.6. The standard InChI is InChI=1S/C22H18O5/c1-11-8-18-19(25)10-20(27-13(3)24)22(18)16-7-5-14-4-6-15(26-12(2)23)9-17(14)21(11)16/h4-9,20H,10H2,1-3H3. The van der Waals surface area contributed by atoms with Crippen LogP contribution in [0.1, 0.15) is 47.9 Å². The lowest BCUT2D eigenvalue weighted by atomic mass is 9.92. The highest BCUT2D eigenvalue weighted by molar-refractivity contribution is 6.15. The van der Waals surface area contributed by atoms with Crippen LogP contribution in [0.2, 0.25) is 0 Å². The van der Waals surface area contributed by atoms with Gasteiger partial charge in [0.2, 0.25) is 0 Å². The number of fused-ring (bicyclic) bond motifs is 5. The normalized spacial score (nSPS) is 15.8. The number of esters is 2. The zero-order chi connectivity index (χ0) is 19.3. The van der Waals surface area contributed by atoms with Crippen molar-refractivity contribution in [1.29, 1.82) is 0 Å². The van der Waals surface area contributed by atoms with Gasteiger partial charge in [-0.25, -0.2) is 0 Å². The van der Waals surface area contributed by atoms with Crippen molar-refractivity contribution in [3.05, 3.63) is 53.1 Å². The fraction of sp³-hybridized carbons (Fsp3) is 0.227. The van der Waals surface area contributed by atoms with Crippen LogP contribution in [0.4, 0.5) is 0 Å². The van der Waals surface area contributed by atoms with E-state index in [1.807, 2.05) is 37.3 Å². The minimum Gasteiger partial charge on any atom is -0.457 e. The van der Waals surface area contributed by atoms with Gasteiger partial charge in [0.25, 0.3) is 0 Å². The molecule has 0 aliphatic heterocycles. The van der Waals surface area contributed by atoms with E-state index < -0.39 is 12.1 Å². The molecule has 0 amide bonds. The van der Waals surface area contributed by atoms with E-state index in [0.29, 0.717) is 11.3 Å². The molecular formula is C22H18O5. The van der Waals surface area contributed by atoms with E-state index >= 15 is 0 Å². The van der Waals surface area contributed by atoms with Gasteiger partial charge in [-0.15, -0.1) is 0 Å². The molecular weight excluding hydrogens is 344 g/mol. The molecule has 1 unspecified atom stereocenters. The highest BCUT2D eigenvalue weighted by Crippen LogP contribution is 2.43. The molecule has 0 saturated heterocycles. The summed E-state index contributed by atoms with van der Waals surface area (Å²) in [5.74, 6) is -0.343. The molecule has 0 radical (unpaired) electrons. The third kappa shape index (κ3) is 2.85. The first-order chi connectivity index (χ1) is 12.8. The van der Waals surface area contributed by atoms with E-state index in [4.69, 9.17) is 9.47 Å². The molecule has 0 spiro atoms. The molecule has 27 heavy (non-hydrogen) atoms. The fourth-order valence-corrected chi connectivity index (χ4v) is 3.95. The number of aryl methyl sites for hydroxylation is 1. The molecule has 1 aliphatic carbocycles. The number of carbonyl (C=O) groups is 3. The summed E-state index contributed by atoms with van der Waals surface area (Å²) in [6, 6.07) is 11.3. The third-order valence-corrected chi connectivity index (χ3v) is 4.89. The number of Topliss-reactive ketones (excluding diaryl/α,β-unsaturated/α-hetero) is 1. The van der Waals surface area contributed by atoms with Crippen molar-refractivity contribution >= 4 is 39.3 Å². The Morgan fingerprint density at radius 1 is 1.00 bits per heavy atom. The maximum absolute atomic E-state index is 12.4. The fourth-order valence-electron chi connectivity index (χ4n) is 3.95. The Hall–Kier alpha value is -3.21. The molecule has 3 aromatic carbocycles. The Morgan fingerprint density at radius 3 is 2.44 bits per heavy atom. The minimum absolute atomic E-state index is 0.0185. The summed E-state index contributed by atoms with van der Waals surface area (Å²) in [4.78, 5) is 35.2. The first-order valence-corrected chi connectivity index (χ1v) is 8.74. The Bertz CT molecular complexity index is 1140. The second-order valence-electron chi connectivity index (χ2n) is 6.84. The van der Waals surface area contributed by atoms with E-state index in [0.717, 1.165) is 32.7 Å². The molecule has 136 valence electrons. The van der Waals surface area contributed by atoms with Crippen molar-refractivity contribution in [2.24, 2.45) is 0 Å². The van der Waals surface area contributed by atoms with E-state index in [2.05, 4.69) is 0 Å². The molecule has 5 nitrogen and oxygen atoms in total. The second-order valence-corrected chi connectivity index (χ2v) is 6.84. The van der Waals surface area contributed by atoms with Crippen LogP contribution < -0.4 is 4.74 Å². The quantitative estimate of drug-likeness (QED) is 0.383. The van der Waals surface area contributed by atoms with E-state index in [9.17, 15) is 14.4 Å². The van der Waals surface area contributed by atoms with Crippen molar-refractivity contribution in [3.8, 4) is 5.75 Å². The molecule has 1 aliphatic rings. The van der Waals surface area contributed by atoms with E-state index in [-0.39, 0.29) is 18.2 Å². The molecule has 5 heteroatoms. The topological polar surface area (TPSA) is 69.7 Å². The molecule has 0 heterocycles. The van der Waals surface area contributed by atoms with Gasteiger partial charge in [0.05, 0.1) is 6.42 Å². The number of hydrogen-bond acceptors (Lipinski definition) is 5. The zero-order valence-electron chi connectivity index (χ0n) is 15.3. The van der Waals surface area contributed by atoms with Crippen LogP contribution in [0.3, 0.4) is 0 Å². The van der Waals surface area contributed by atoms with Crippen molar-refractivity contribution in [2.75, 3.05) is 0 Å². The SMILES string of the molecule is CC(=O)Oc1ccc2ccc3c4c(cc(C)c3c2c1)C(=O)CC4OC(C)=O. The molecule has 0 N–H and O–H groups in total.